The molecule has 0 aromatic carbocycles. The van der Waals surface area contributed by atoms with Gasteiger partial charge in [0.25, 0.3) is 0 Å². The number of carbonyl (C=O) groups is 1. The fraction of sp³-hybridized carbons (Fsp3) is 0.455. The first kappa shape index (κ1) is 13.0. The standard InChI is InChI=1S/C11H16N4O2S/c1-6-5-18-11-14-7(2)8(15(6)11)3-13-4-9(16)10(12)17/h5,9,13,16H,3-4H2,1-2H3,(H2,12,17). The van der Waals surface area contributed by atoms with E-state index in [1.54, 1.807) is 11.3 Å². The van der Waals surface area contributed by atoms with Crippen LogP contribution in [0.5, 0.6) is 0 Å². The second kappa shape index (κ2) is 5.05. The van der Waals surface area contributed by atoms with E-state index in [4.69, 9.17) is 5.73 Å². The molecule has 0 saturated carbocycles. The number of aryl methyl sites for hydroxylation is 2. The molecule has 0 radical (unpaired) electrons. The van der Waals surface area contributed by atoms with Gasteiger partial charge in [0, 0.05) is 24.2 Å². The summed E-state index contributed by atoms with van der Waals surface area (Å²) in [6.07, 6.45) is -1.16. The van der Waals surface area contributed by atoms with Gasteiger partial charge in [0.2, 0.25) is 5.91 Å². The summed E-state index contributed by atoms with van der Waals surface area (Å²) >= 11 is 1.59. The zero-order valence-electron chi connectivity index (χ0n) is 10.3. The maximum Gasteiger partial charge on any atom is 0.247 e. The lowest BCUT2D eigenvalue weighted by molar-refractivity contribution is -0.125. The van der Waals surface area contributed by atoms with Crippen LogP contribution < -0.4 is 11.1 Å². The molecule has 0 spiro atoms. The number of carbonyl (C=O) groups excluding carboxylic acids is 1. The van der Waals surface area contributed by atoms with Crippen molar-refractivity contribution in [3.8, 4) is 0 Å². The van der Waals surface area contributed by atoms with Gasteiger partial charge in [-0.3, -0.25) is 9.20 Å². The maximum absolute atomic E-state index is 10.7. The van der Waals surface area contributed by atoms with Gasteiger partial charge in [-0.15, -0.1) is 11.3 Å². The SMILES string of the molecule is Cc1nc2scc(C)n2c1CNCC(O)C(N)=O. The molecule has 2 rings (SSSR count). The summed E-state index contributed by atoms with van der Waals surface area (Å²) in [4.78, 5) is 16.1. The molecule has 2 aromatic rings. The van der Waals surface area contributed by atoms with E-state index in [0.717, 1.165) is 22.0 Å². The van der Waals surface area contributed by atoms with Gasteiger partial charge in [0.05, 0.1) is 11.4 Å². The smallest absolute Gasteiger partial charge is 0.247 e. The fourth-order valence-electron chi connectivity index (χ4n) is 1.80. The summed E-state index contributed by atoms with van der Waals surface area (Å²) in [7, 11) is 0. The monoisotopic (exact) mass is 268 g/mol. The number of thiazole rings is 1. The molecule has 98 valence electrons. The molecule has 2 heterocycles. The highest BCUT2D eigenvalue weighted by Crippen LogP contribution is 2.20. The number of primary amides is 1. The summed E-state index contributed by atoms with van der Waals surface area (Å²) in [5.41, 5.74) is 8.10. The van der Waals surface area contributed by atoms with E-state index in [1.165, 1.54) is 0 Å². The number of nitrogens with zero attached hydrogens (tertiary/aromatic N) is 2. The lowest BCUT2D eigenvalue weighted by Gasteiger charge is -2.08. The predicted molar refractivity (Wildman–Crippen MR) is 69.5 cm³/mol. The number of aliphatic hydroxyl groups is 1. The lowest BCUT2D eigenvalue weighted by Crippen LogP contribution is -2.37. The molecule has 4 N–H and O–H groups in total. The van der Waals surface area contributed by atoms with Gasteiger partial charge in [-0.05, 0) is 13.8 Å². The van der Waals surface area contributed by atoms with Gasteiger partial charge in [-0.25, -0.2) is 4.98 Å². The van der Waals surface area contributed by atoms with Crippen LogP contribution in [0.2, 0.25) is 0 Å². The summed E-state index contributed by atoms with van der Waals surface area (Å²) in [6, 6.07) is 0. The molecule has 18 heavy (non-hydrogen) atoms. The Morgan fingerprint density at radius 1 is 1.67 bits per heavy atom. The number of hydrogen-bond donors (Lipinski definition) is 3. The molecule has 0 aliphatic heterocycles. The third-order valence-corrected chi connectivity index (χ3v) is 3.73. The highest BCUT2D eigenvalue weighted by Gasteiger charge is 2.14. The van der Waals surface area contributed by atoms with Crippen LogP contribution in [0.25, 0.3) is 4.96 Å². The zero-order valence-corrected chi connectivity index (χ0v) is 11.1. The highest BCUT2D eigenvalue weighted by molar-refractivity contribution is 7.15. The summed E-state index contributed by atoms with van der Waals surface area (Å²) in [5, 5.41) is 14.4. The molecule has 1 unspecified atom stereocenters. The molecule has 1 amide bonds. The number of imidazole rings is 1. The quantitative estimate of drug-likeness (QED) is 0.709. The van der Waals surface area contributed by atoms with E-state index in [1.807, 2.05) is 19.2 Å². The van der Waals surface area contributed by atoms with Crippen LogP contribution in [0.1, 0.15) is 17.1 Å². The summed E-state index contributed by atoms with van der Waals surface area (Å²) < 4.78 is 2.07. The highest BCUT2D eigenvalue weighted by atomic mass is 32.1. The second-order valence-corrected chi connectivity index (χ2v) is 5.02. The first-order valence-electron chi connectivity index (χ1n) is 5.61. The number of nitrogens with two attached hydrogens (primary N) is 1. The molecular weight excluding hydrogens is 252 g/mol. The Labute approximate surface area is 108 Å². The van der Waals surface area contributed by atoms with Gasteiger partial charge >= 0.3 is 0 Å². The molecule has 7 heteroatoms. The molecule has 0 aliphatic rings. The van der Waals surface area contributed by atoms with Gasteiger partial charge in [-0.1, -0.05) is 0 Å². The predicted octanol–water partition coefficient (Wildman–Crippen LogP) is -0.0516. The molecule has 1 atom stereocenters. The van der Waals surface area contributed by atoms with Crippen LogP contribution in [-0.2, 0) is 11.3 Å². The Bertz CT molecular complexity index is 575. The van der Waals surface area contributed by atoms with E-state index in [9.17, 15) is 9.90 Å². The minimum Gasteiger partial charge on any atom is -0.382 e. The first-order valence-corrected chi connectivity index (χ1v) is 6.48. The van der Waals surface area contributed by atoms with Crippen molar-refractivity contribution in [3.05, 3.63) is 22.5 Å². The minimum absolute atomic E-state index is 0.144. The topological polar surface area (TPSA) is 92.7 Å². The summed E-state index contributed by atoms with van der Waals surface area (Å²) in [6.45, 7) is 4.65. The van der Waals surface area contributed by atoms with Crippen molar-refractivity contribution >= 4 is 22.2 Å². The number of aliphatic hydroxyl groups excluding tert-OH is 1. The second-order valence-electron chi connectivity index (χ2n) is 4.19. The average molecular weight is 268 g/mol. The van der Waals surface area contributed by atoms with Crippen molar-refractivity contribution in [2.45, 2.75) is 26.5 Å². The van der Waals surface area contributed by atoms with E-state index < -0.39 is 12.0 Å². The molecular formula is C11H16N4O2S. The normalized spacial score (nSPS) is 13.1. The van der Waals surface area contributed by atoms with Crippen LogP contribution in [-0.4, -0.2) is 33.0 Å². The molecule has 2 aromatic heterocycles. The average Bonchev–Trinajstić information content (AvgIpc) is 2.80. The van der Waals surface area contributed by atoms with Crippen molar-refractivity contribution in [1.82, 2.24) is 14.7 Å². The van der Waals surface area contributed by atoms with Gasteiger partial charge in [0.1, 0.15) is 6.10 Å². The minimum atomic E-state index is -1.16. The van der Waals surface area contributed by atoms with Gasteiger partial charge < -0.3 is 16.2 Å². The molecule has 0 aliphatic carbocycles. The van der Waals surface area contributed by atoms with Crippen molar-refractivity contribution in [2.75, 3.05) is 6.54 Å². The van der Waals surface area contributed by atoms with Crippen molar-refractivity contribution in [3.63, 3.8) is 0 Å². The van der Waals surface area contributed by atoms with Gasteiger partial charge in [0.15, 0.2) is 4.96 Å². The number of amides is 1. The largest absolute Gasteiger partial charge is 0.382 e. The van der Waals surface area contributed by atoms with E-state index in [0.29, 0.717) is 6.54 Å². The Kier molecular flexibility index (Phi) is 3.65. The van der Waals surface area contributed by atoms with Crippen LogP contribution in [0.3, 0.4) is 0 Å². The zero-order chi connectivity index (χ0) is 13.3. The Hall–Kier alpha value is -1.44. The van der Waals surface area contributed by atoms with Crippen molar-refractivity contribution in [2.24, 2.45) is 5.73 Å². The van der Waals surface area contributed by atoms with Crippen molar-refractivity contribution in [1.29, 1.82) is 0 Å². The number of aromatic nitrogens is 2. The number of fused-ring (bicyclic) bond motifs is 1. The Balaban J connectivity index is 2.09. The molecule has 0 fully saturated rings. The van der Waals surface area contributed by atoms with E-state index in [2.05, 4.69) is 14.7 Å². The van der Waals surface area contributed by atoms with E-state index in [-0.39, 0.29) is 6.54 Å². The van der Waals surface area contributed by atoms with Crippen LogP contribution in [0.4, 0.5) is 0 Å². The Morgan fingerprint density at radius 2 is 2.39 bits per heavy atom. The summed E-state index contributed by atoms with van der Waals surface area (Å²) in [5.74, 6) is -0.718. The molecule has 0 bridgehead atoms. The molecule has 6 nitrogen and oxygen atoms in total. The van der Waals surface area contributed by atoms with Crippen LogP contribution in [0.15, 0.2) is 5.38 Å². The van der Waals surface area contributed by atoms with Crippen LogP contribution >= 0.6 is 11.3 Å². The third kappa shape index (κ3) is 2.38. The first-order chi connectivity index (χ1) is 8.50. The fourth-order valence-corrected chi connectivity index (χ4v) is 2.73. The van der Waals surface area contributed by atoms with Gasteiger partial charge in [-0.2, -0.15) is 0 Å². The van der Waals surface area contributed by atoms with E-state index >= 15 is 0 Å². The molecule has 0 saturated heterocycles. The lowest BCUT2D eigenvalue weighted by atomic mass is 10.3. The van der Waals surface area contributed by atoms with Crippen LogP contribution in [0, 0.1) is 13.8 Å². The number of nitrogens with one attached hydrogen (secondary N) is 1. The number of hydrogen-bond acceptors (Lipinski definition) is 5. The Morgan fingerprint density at radius 3 is 3.06 bits per heavy atom. The number of rotatable bonds is 5. The third-order valence-electron chi connectivity index (χ3n) is 2.79. The maximum atomic E-state index is 10.7. The van der Waals surface area contributed by atoms with Crippen molar-refractivity contribution < 1.29 is 9.90 Å².